The first-order chi connectivity index (χ1) is 14.1. The molecule has 0 aliphatic carbocycles. The van der Waals surface area contributed by atoms with Crippen molar-refractivity contribution in [3.63, 3.8) is 0 Å². The maximum absolute atomic E-state index is 12.2. The lowest BCUT2D eigenvalue weighted by atomic mass is 10.2. The van der Waals surface area contributed by atoms with Gasteiger partial charge in [-0.25, -0.2) is 14.8 Å². The Morgan fingerprint density at radius 1 is 1.17 bits per heavy atom. The molecule has 0 bridgehead atoms. The maximum atomic E-state index is 12.2. The molecular formula is C20H15N3O5S. The molecule has 0 saturated carbocycles. The second-order valence-corrected chi connectivity index (χ2v) is 6.75. The number of carbonyl (C=O) groups excluding carboxylic acids is 2. The van der Waals surface area contributed by atoms with Crippen LogP contribution in [0.2, 0.25) is 0 Å². The van der Waals surface area contributed by atoms with E-state index < -0.39 is 18.5 Å². The number of nitrogens with zero attached hydrogens (tertiary/aromatic N) is 2. The average molecular weight is 409 g/mol. The highest BCUT2D eigenvalue weighted by atomic mass is 32.1. The second-order valence-electron chi connectivity index (χ2n) is 5.90. The fraction of sp³-hybridized carbons (Fsp3) is 0.100. The van der Waals surface area contributed by atoms with Gasteiger partial charge in [0, 0.05) is 10.9 Å². The minimum atomic E-state index is -0.655. The molecule has 146 valence electrons. The topological polar surface area (TPSA) is 104 Å². The summed E-state index contributed by atoms with van der Waals surface area (Å²) in [7, 11) is 1.60. The van der Waals surface area contributed by atoms with Gasteiger partial charge in [-0.1, -0.05) is 6.07 Å². The minimum Gasteiger partial charge on any atom is -0.497 e. The number of para-hydroxylation sites is 1. The summed E-state index contributed by atoms with van der Waals surface area (Å²) in [6.45, 7) is -0.440. The number of ether oxygens (including phenoxy) is 2. The van der Waals surface area contributed by atoms with Crippen LogP contribution in [0.4, 0.5) is 5.13 Å². The molecule has 0 unspecified atom stereocenters. The zero-order chi connectivity index (χ0) is 20.2. The van der Waals surface area contributed by atoms with Crippen molar-refractivity contribution in [3.05, 3.63) is 59.8 Å². The molecule has 4 rings (SSSR count). The number of fused-ring (bicyclic) bond motifs is 1. The molecule has 0 saturated heterocycles. The number of esters is 1. The molecule has 8 nitrogen and oxygen atoms in total. The van der Waals surface area contributed by atoms with Gasteiger partial charge in [-0.3, -0.25) is 10.1 Å². The zero-order valence-corrected chi connectivity index (χ0v) is 16.1. The van der Waals surface area contributed by atoms with E-state index in [0.29, 0.717) is 16.2 Å². The molecule has 0 atom stereocenters. The van der Waals surface area contributed by atoms with E-state index in [9.17, 15) is 9.59 Å². The molecular weight excluding hydrogens is 394 g/mol. The van der Waals surface area contributed by atoms with Crippen LogP contribution in [0, 0.1) is 0 Å². The van der Waals surface area contributed by atoms with Crippen LogP contribution in [0.3, 0.4) is 0 Å². The highest BCUT2D eigenvalue weighted by molar-refractivity contribution is 7.14. The van der Waals surface area contributed by atoms with Gasteiger partial charge in [0.2, 0.25) is 0 Å². The quantitative estimate of drug-likeness (QED) is 0.484. The Labute approximate surface area is 169 Å². The van der Waals surface area contributed by atoms with Crippen molar-refractivity contribution in [2.24, 2.45) is 0 Å². The van der Waals surface area contributed by atoms with E-state index in [1.54, 1.807) is 25.3 Å². The fourth-order valence-electron chi connectivity index (χ4n) is 2.64. The number of nitrogens with one attached hydrogen (secondary N) is 1. The van der Waals surface area contributed by atoms with Gasteiger partial charge in [0.1, 0.15) is 11.3 Å². The number of thiazole rings is 1. The number of aromatic nitrogens is 2. The van der Waals surface area contributed by atoms with Gasteiger partial charge in [-0.05, 0) is 36.4 Å². The van der Waals surface area contributed by atoms with Crippen LogP contribution in [0.1, 0.15) is 10.4 Å². The fourth-order valence-corrected chi connectivity index (χ4v) is 3.38. The zero-order valence-electron chi connectivity index (χ0n) is 15.2. The SMILES string of the molecule is COc1ccc(-c2csc(NC(=O)COC(=O)c3cccc4ocnc34)n2)cc1. The van der Waals surface area contributed by atoms with Gasteiger partial charge in [-0.2, -0.15) is 0 Å². The first-order valence-corrected chi connectivity index (χ1v) is 9.41. The molecule has 2 aromatic heterocycles. The molecule has 2 aromatic carbocycles. The Balaban J connectivity index is 1.36. The average Bonchev–Trinajstić information content (AvgIpc) is 3.41. The van der Waals surface area contributed by atoms with E-state index in [-0.39, 0.29) is 5.56 Å². The van der Waals surface area contributed by atoms with Crippen LogP contribution in [0.25, 0.3) is 22.4 Å². The highest BCUT2D eigenvalue weighted by Gasteiger charge is 2.16. The standard InChI is InChI=1S/C20H15N3O5S/c1-26-13-7-5-12(6-8-13)15-10-29-20(22-15)23-17(24)9-27-19(25)14-3-2-4-16-18(14)21-11-28-16/h2-8,10-11H,9H2,1H3,(H,22,23,24). The van der Waals surface area contributed by atoms with E-state index >= 15 is 0 Å². The Bertz CT molecular complexity index is 1170. The Morgan fingerprint density at radius 2 is 2.00 bits per heavy atom. The number of rotatable bonds is 6. The molecule has 0 fully saturated rings. The van der Waals surface area contributed by atoms with Gasteiger partial charge < -0.3 is 13.9 Å². The number of oxazole rings is 1. The Hall–Kier alpha value is -3.72. The first-order valence-electron chi connectivity index (χ1n) is 8.53. The first kappa shape index (κ1) is 18.6. The molecule has 4 aromatic rings. The van der Waals surface area contributed by atoms with E-state index in [1.807, 2.05) is 29.6 Å². The summed E-state index contributed by atoms with van der Waals surface area (Å²) in [5.41, 5.74) is 2.72. The van der Waals surface area contributed by atoms with Crippen molar-refractivity contribution < 1.29 is 23.5 Å². The van der Waals surface area contributed by atoms with Crippen molar-refractivity contribution in [1.82, 2.24) is 9.97 Å². The smallest absolute Gasteiger partial charge is 0.340 e. The number of amides is 1. The largest absolute Gasteiger partial charge is 0.497 e. The van der Waals surface area contributed by atoms with E-state index in [4.69, 9.17) is 13.9 Å². The third kappa shape index (κ3) is 4.09. The predicted octanol–water partition coefficient (Wildman–Crippen LogP) is 3.76. The summed E-state index contributed by atoms with van der Waals surface area (Å²) in [5, 5.41) is 4.87. The van der Waals surface area contributed by atoms with Crippen LogP contribution in [0.5, 0.6) is 5.75 Å². The molecule has 29 heavy (non-hydrogen) atoms. The second kappa shape index (κ2) is 8.11. The van der Waals surface area contributed by atoms with Gasteiger partial charge in [-0.15, -0.1) is 11.3 Å². The van der Waals surface area contributed by atoms with Crippen molar-refractivity contribution in [2.75, 3.05) is 19.0 Å². The molecule has 0 aliphatic rings. The normalized spacial score (nSPS) is 10.7. The lowest BCUT2D eigenvalue weighted by Gasteiger charge is -2.05. The van der Waals surface area contributed by atoms with Gasteiger partial charge >= 0.3 is 5.97 Å². The molecule has 1 amide bonds. The van der Waals surface area contributed by atoms with Crippen LogP contribution in [-0.2, 0) is 9.53 Å². The van der Waals surface area contributed by atoms with Crippen molar-refractivity contribution in [3.8, 4) is 17.0 Å². The van der Waals surface area contributed by atoms with Crippen molar-refractivity contribution >= 4 is 39.4 Å². The molecule has 1 N–H and O–H groups in total. The number of methoxy groups -OCH3 is 1. The monoisotopic (exact) mass is 409 g/mol. The van der Waals surface area contributed by atoms with E-state index in [1.165, 1.54) is 17.7 Å². The summed E-state index contributed by atoms with van der Waals surface area (Å²) in [4.78, 5) is 32.7. The van der Waals surface area contributed by atoms with E-state index in [2.05, 4.69) is 15.3 Å². The van der Waals surface area contributed by atoms with Crippen LogP contribution < -0.4 is 10.1 Å². The third-order valence-electron chi connectivity index (χ3n) is 4.05. The van der Waals surface area contributed by atoms with Crippen LogP contribution in [0.15, 0.2) is 58.7 Å². The predicted molar refractivity (Wildman–Crippen MR) is 107 cm³/mol. The lowest BCUT2D eigenvalue weighted by Crippen LogP contribution is -2.21. The maximum Gasteiger partial charge on any atom is 0.340 e. The number of anilines is 1. The Morgan fingerprint density at radius 3 is 2.79 bits per heavy atom. The summed E-state index contributed by atoms with van der Waals surface area (Å²) in [6, 6.07) is 12.3. The number of benzene rings is 2. The Kier molecular flexibility index (Phi) is 5.21. The van der Waals surface area contributed by atoms with E-state index in [0.717, 1.165) is 17.0 Å². The lowest BCUT2D eigenvalue weighted by molar-refractivity contribution is -0.119. The van der Waals surface area contributed by atoms with Crippen molar-refractivity contribution in [2.45, 2.75) is 0 Å². The van der Waals surface area contributed by atoms with Gasteiger partial charge in [0.25, 0.3) is 5.91 Å². The van der Waals surface area contributed by atoms with Crippen LogP contribution >= 0.6 is 11.3 Å². The molecule has 0 radical (unpaired) electrons. The summed E-state index contributed by atoms with van der Waals surface area (Å²) in [5.74, 6) is -0.389. The number of carbonyl (C=O) groups is 2. The highest BCUT2D eigenvalue weighted by Crippen LogP contribution is 2.26. The van der Waals surface area contributed by atoms with Gasteiger partial charge in [0.05, 0.1) is 18.4 Å². The third-order valence-corrected chi connectivity index (χ3v) is 4.81. The molecule has 0 spiro atoms. The number of hydrogen-bond acceptors (Lipinski definition) is 8. The summed E-state index contributed by atoms with van der Waals surface area (Å²) < 4.78 is 15.4. The molecule has 0 aliphatic heterocycles. The van der Waals surface area contributed by atoms with Gasteiger partial charge in [0.15, 0.2) is 23.7 Å². The number of hydrogen-bond donors (Lipinski definition) is 1. The molecule has 2 heterocycles. The minimum absolute atomic E-state index is 0.236. The molecule has 9 heteroatoms. The van der Waals surface area contributed by atoms with Crippen LogP contribution in [-0.4, -0.2) is 35.6 Å². The summed E-state index contributed by atoms with van der Waals surface area (Å²) in [6.07, 6.45) is 1.25. The van der Waals surface area contributed by atoms with Crippen molar-refractivity contribution in [1.29, 1.82) is 0 Å². The summed E-state index contributed by atoms with van der Waals surface area (Å²) >= 11 is 1.28.